The van der Waals surface area contributed by atoms with Crippen LogP contribution in [0.15, 0.2) is 48.8 Å². The Morgan fingerprint density at radius 3 is 2.96 bits per heavy atom. The van der Waals surface area contributed by atoms with Crippen LogP contribution in [0.3, 0.4) is 0 Å². The van der Waals surface area contributed by atoms with Crippen molar-refractivity contribution in [1.29, 1.82) is 0 Å². The van der Waals surface area contributed by atoms with Crippen LogP contribution in [-0.4, -0.2) is 34.0 Å². The van der Waals surface area contributed by atoms with E-state index in [1.54, 1.807) is 11.3 Å². The molecule has 1 saturated heterocycles. The van der Waals surface area contributed by atoms with Crippen molar-refractivity contribution in [3.05, 3.63) is 64.8 Å². The van der Waals surface area contributed by atoms with Crippen LogP contribution in [0.2, 0.25) is 0 Å². The van der Waals surface area contributed by atoms with Crippen molar-refractivity contribution in [2.24, 2.45) is 5.92 Å². The van der Waals surface area contributed by atoms with Crippen LogP contribution in [0.25, 0.3) is 10.1 Å². The van der Waals surface area contributed by atoms with Crippen LogP contribution < -0.4 is 0 Å². The van der Waals surface area contributed by atoms with Crippen molar-refractivity contribution in [2.75, 3.05) is 13.1 Å². The Morgan fingerprint density at radius 1 is 1.35 bits per heavy atom. The summed E-state index contributed by atoms with van der Waals surface area (Å²) in [7, 11) is 0. The fourth-order valence-electron chi connectivity index (χ4n) is 3.90. The lowest BCUT2D eigenvalue weighted by atomic mass is 9.93. The quantitative estimate of drug-likeness (QED) is 0.739. The molecule has 26 heavy (non-hydrogen) atoms. The molecular weight excluding hydrogens is 344 g/mol. The SMILES string of the molecule is Cc1cnccc1C(c1cc2ccccc2s1)N1CCCC(C(=O)O)C1. The summed E-state index contributed by atoms with van der Waals surface area (Å²) in [6.07, 6.45) is 5.42. The first-order chi connectivity index (χ1) is 12.6. The smallest absolute Gasteiger partial charge is 0.307 e. The lowest BCUT2D eigenvalue weighted by Crippen LogP contribution is -2.41. The summed E-state index contributed by atoms with van der Waals surface area (Å²) in [5.74, 6) is -0.973. The van der Waals surface area contributed by atoms with Gasteiger partial charge in [-0.3, -0.25) is 14.7 Å². The molecule has 2 aromatic heterocycles. The van der Waals surface area contributed by atoms with Gasteiger partial charge in [0.05, 0.1) is 12.0 Å². The summed E-state index contributed by atoms with van der Waals surface area (Å²) >= 11 is 1.80. The Balaban J connectivity index is 1.79. The number of aliphatic carboxylic acids is 1. The van der Waals surface area contributed by atoms with Gasteiger partial charge in [0, 0.05) is 28.5 Å². The topological polar surface area (TPSA) is 53.4 Å². The highest BCUT2D eigenvalue weighted by molar-refractivity contribution is 7.19. The molecule has 134 valence electrons. The molecule has 5 heteroatoms. The normalized spacial score (nSPS) is 19.5. The van der Waals surface area contributed by atoms with Crippen LogP contribution >= 0.6 is 11.3 Å². The second-order valence-corrected chi connectivity index (χ2v) is 8.11. The van der Waals surface area contributed by atoms with Gasteiger partial charge in [0.25, 0.3) is 0 Å². The number of aromatic nitrogens is 1. The number of hydrogen-bond donors (Lipinski definition) is 1. The van der Waals surface area contributed by atoms with E-state index in [1.807, 2.05) is 12.4 Å². The van der Waals surface area contributed by atoms with Crippen molar-refractivity contribution >= 4 is 27.4 Å². The van der Waals surface area contributed by atoms with E-state index in [0.717, 1.165) is 24.9 Å². The molecule has 1 fully saturated rings. The van der Waals surface area contributed by atoms with Crippen molar-refractivity contribution in [3.8, 4) is 0 Å². The van der Waals surface area contributed by atoms with Crippen molar-refractivity contribution < 1.29 is 9.90 Å². The monoisotopic (exact) mass is 366 g/mol. The molecule has 0 amide bonds. The Morgan fingerprint density at radius 2 is 2.19 bits per heavy atom. The molecule has 1 aliphatic rings. The number of thiophene rings is 1. The molecule has 0 bridgehead atoms. The number of fused-ring (bicyclic) bond motifs is 1. The zero-order valence-corrected chi connectivity index (χ0v) is 15.6. The van der Waals surface area contributed by atoms with Crippen molar-refractivity contribution in [1.82, 2.24) is 9.88 Å². The molecule has 0 radical (unpaired) electrons. The molecule has 2 atom stereocenters. The summed E-state index contributed by atoms with van der Waals surface area (Å²) in [5.41, 5.74) is 2.37. The van der Waals surface area contributed by atoms with Gasteiger partial charge in [-0.25, -0.2) is 0 Å². The van der Waals surface area contributed by atoms with Gasteiger partial charge in [-0.1, -0.05) is 18.2 Å². The highest BCUT2D eigenvalue weighted by Crippen LogP contribution is 2.39. The number of nitrogens with zero attached hydrogens (tertiary/aromatic N) is 2. The molecule has 1 aromatic carbocycles. The first kappa shape index (κ1) is 17.2. The molecule has 1 N–H and O–H groups in total. The molecule has 0 saturated carbocycles. The third-order valence-electron chi connectivity index (χ3n) is 5.24. The number of hydrogen-bond acceptors (Lipinski definition) is 4. The van der Waals surface area contributed by atoms with Gasteiger partial charge in [-0.05, 0) is 61.0 Å². The fourth-order valence-corrected chi connectivity index (χ4v) is 5.12. The Hall–Kier alpha value is -2.24. The van der Waals surface area contributed by atoms with Gasteiger partial charge in [-0.2, -0.15) is 0 Å². The molecule has 2 unspecified atom stereocenters. The van der Waals surface area contributed by atoms with E-state index in [-0.39, 0.29) is 12.0 Å². The number of carboxylic acid groups (broad SMARTS) is 1. The zero-order valence-electron chi connectivity index (χ0n) is 14.8. The molecule has 0 spiro atoms. The van der Waals surface area contributed by atoms with Crippen LogP contribution in [-0.2, 0) is 4.79 Å². The van der Waals surface area contributed by atoms with Gasteiger partial charge in [0.1, 0.15) is 0 Å². The molecule has 0 aliphatic carbocycles. The third kappa shape index (κ3) is 3.24. The van der Waals surface area contributed by atoms with E-state index in [9.17, 15) is 9.90 Å². The number of aryl methyl sites for hydroxylation is 1. The molecule has 3 aromatic rings. The largest absolute Gasteiger partial charge is 0.481 e. The first-order valence-electron chi connectivity index (χ1n) is 8.99. The zero-order chi connectivity index (χ0) is 18.1. The number of rotatable bonds is 4. The van der Waals surface area contributed by atoms with Crippen molar-refractivity contribution in [3.63, 3.8) is 0 Å². The van der Waals surface area contributed by atoms with E-state index in [2.05, 4.69) is 53.2 Å². The molecule has 3 heterocycles. The fraction of sp³-hybridized carbons (Fsp3) is 0.333. The maximum Gasteiger partial charge on any atom is 0.307 e. The molecule has 4 rings (SSSR count). The standard InChI is InChI=1S/C21H22N2O2S/c1-14-12-22-9-8-17(14)20(23-10-4-6-16(13-23)21(24)25)19-11-15-5-2-3-7-18(15)26-19/h2-3,5,7-9,11-12,16,20H,4,6,10,13H2,1H3,(H,24,25). The predicted octanol–water partition coefficient (Wildman–Crippen LogP) is 4.49. The van der Waals surface area contributed by atoms with E-state index >= 15 is 0 Å². The van der Waals surface area contributed by atoms with E-state index in [4.69, 9.17) is 0 Å². The Labute approximate surface area is 157 Å². The second-order valence-electron chi connectivity index (χ2n) is 6.99. The van der Waals surface area contributed by atoms with Gasteiger partial charge >= 0.3 is 5.97 Å². The van der Waals surface area contributed by atoms with Gasteiger partial charge in [0.15, 0.2) is 0 Å². The van der Waals surface area contributed by atoms with Crippen LogP contribution in [0.4, 0.5) is 0 Å². The van der Waals surface area contributed by atoms with Gasteiger partial charge in [-0.15, -0.1) is 11.3 Å². The van der Waals surface area contributed by atoms with E-state index in [1.165, 1.54) is 20.5 Å². The summed E-state index contributed by atoms with van der Waals surface area (Å²) < 4.78 is 1.27. The minimum absolute atomic E-state index is 0.0811. The van der Waals surface area contributed by atoms with Gasteiger partial charge in [0.2, 0.25) is 0 Å². The van der Waals surface area contributed by atoms with E-state index < -0.39 is 5.97 Å². The molecular formula is C21H22N2O2S. The minimum atomic E-state index is -0.684. The Bertz CT molecular complexity index is 903. The number of likely N-dealkylation sites (tertiary alicyclic amines) is 1. The average molecular weight is 366 g/mol. The number of pyridine rings is 1. The predicted molar refractivity (Wildman–Crippen MR) is 105 cm³/mol. The number of piperidine rings is 1. The van der Waals surface area contributed by atoms with Crippen LogP contribution in [0, 0.1) is 12.8 Å². The Kier molecular flexibility index (Phi) is 4.74. The summed E-state index contributed by atoms with van der Waals surface area (Å²) in [4.78, 5) is 19.4. The first-order valence-corrected chi connectivity index (χ1v) is 9.81. The van der Waals surface area contributed by atoms with Gasteiger partial charge < -0.3 is 5.11 Å². The summed E-state index contributed by atoms with van der Waals surface area (Å²) in [6.45, 7) is 3.60. The van der Waals surface area contributed by atoms with Crippen LogP contribution in [0.1, 0.15) is 34.9 Å². The molecule has 4 nitrogen and oxygen atoms in total. The average Bonchev–Trinajstić information content (AvgIpc) is 3.07. The van der Waals surface area contributed by atoms with Crippen LogP contribution in [0.5, 0.6) is 0 Å². The number of carboxylic acids is 1. The second kappa shape index (κ2) is 7.17. The molecule has 1 aliphatic heterocycles. The maximum atomic E-state index is 11.6. The lowest BCUT2D eigenvalue weighted by molar-refractivity contribution is -0.143. The lowest BCUT2D eigenvalue weighted by Gasteiger charge is -2.37. The number of benzene rings is 1. The highest BCUT2D eigenvalue weighted by Gasteiger charge is 2.32. The maximum absolute atomic E-state index is 11.6. The summed E-state index contributed by atoms with van der Waals surface area (Å²) in [6, 6.07) is 12.8. The van der Waals surface area contributed by atoms with E-state index in [0.29, 0.717) is 6.54 Å². The third-order valence-corrected chi connectivity index (χ3v) is 6.41. The minimum Gasteiger partial charge on any atom is -0.481 e. The van der Waals surface area contributed by atoms with Crippen molar-refractivity contribution in [2.45, 2.75) is 25.8 Å². The number of carbonyl (C=O) groups is 1. The highest BCUT2D eigenvalue weighted by atomic mass is 32.1. The summed E-state index contributed by atoms with van der Waals surface area (Å²) in [5, 5.41) is 10.8.